The van der Waals surface area contributed by atoms with Crippen LogP contribution in [0.4, 0.5) is 0 Å². The number of hydrogen-bond donors (Lipinski definition) is 1. The van der Waals surface area contributed by atoms with Gasteiger partial charge in [-0.3, -0.25) is 4.90 Å². The minimum atomic E-state index is -2.88. The lowest BCUT2D eigenvalue weighted by Gasteiger charge is -2.37. The smallest absolute Gasteiger partial charge is 0.152 e. The van der Waals surface area contributed by atoms with Gasteiger partial charge < -0.3 is 10.5 Å². The highest BCUT2D eigenvalue weighted by Crippen LogP contribution is 2.29. The maximum absolute atomic E-state index is 11.6. The summed E-state index contributed by atoms with van der Waals surface area (Å²) in [6.07, 6.45) is 0.838. The fraction of sp³-hybridized carbons (Fsp3) is 0.600. The topological polar surface area (TPSA) is 72.6 Å². The van der Waals surface area contributed by atoms with Crippen molar-refractivity contribution in [2.75, 3.05) is 31.7 Å². The zero-order chi connectivity index (χ0) is 15.5. The lowest BCUT2D eigenvalue weighted by atomic mass is 9.96. The van der Waals surface area contributed by atoms with Crippen LogP contribution in [0.3, 0.4) is 0 Å². The number of methoxy groups -OCH3 is 1. The van der Waals surface area contributed by atoms with Gasteiger partial charge in [0, 0.05) is 19.1 Å². The molecule has 6 heteroatoms. The standard InChI is InChI=1S/C15H24N2O3S/c1-3-14(16)15(12-5-4-6-13(11-12)20-2)17-7-9-21(18,19)10-8-17/h4-6,11,14-15H,3,7-10,16H2,1-2H3. The summed E-state index contributed by atoms with van der Waals surface area (Å²) >= 11 is 0. The Morgan fingerprint density at radius 3 is 2.57 bits per heavy atom. The first-order valence-electron chi connectivity index (χ1n) is 7.31. The van der Waals surface area contributed by atoms with Gasteiger partial charge in [0.15, 0.2) is 9.84 Å². The third-order valence-corrected chi connectivity index (χ3v) is 5.69. The number of ether oxygens (including phenoxy) is 1. The van der Waals surface area contributed by atoms with E-state index in [4.69, 9.17) is 10.5 Å². The second kappa shape index (κ2) is 6.77. The lowest BCUT2D eigenvalue weighted by molar-refractivity contribution is 0.183. The van der Waals surface area contributed by atoms with Gasteiger partial charge in [0.2, 0.25) is 0 Å². The molecule has 0 amide bonds. The molecule has 0 radical (unpaired) electrons. The van der Waals surface area contributed by atoms with Gasteiger partial charge in [0.05, 0.1) is 24.7 Å². The average molecular weight is 312 g/mol. The molecule has 0 bridgehead atoms. The van der Waals surface area contributed by atoms with Crippen LogP contribution >= 0.6 is 0 Å². The Kier molecular flexibility index (Phi) is 5.24. The largest absolute Gasteiger partial charge is 0.497 e. The van der Waals surface area contributed by atoms with E-state index in [9.17, 15) is 8.42 Å². The Balaban J connectivity index is 2.26. The molecule has 2 unspecified atom stereocenters. The molecule has 1 aromatic carbocycles. The van der Waals surface area contributed by atoms with E-state index in [1.165, 1.54) is 0 Å². The van der Waals surface area contributed by atoms with Gasteiger partial charge in [0.1, 0.15) is 5.75 Å². The molecule has 1 aliphatic rings. The maximum atomic E-state index is 11.6. The van der Waals surface area contributed by atoms with Crippen molar-refractivity contribution in [2.45, 2.75) is 25.4 Å². The van der Waals surface area contributed by atoms with Gasteiger partial charge in [-0.05, 0) is 24.1 Å². The quantitative estimate of drug-likeness (QED) is 0.884. The van der Waals surface area contributed by atoms with Crippen LogP contribution in [-0.2, 0) is 9.84 Å². The summed E-state index contributed by atoms with van der Waals surface area (Å²) in [6.45, 7) is 3.13. The van der Waals surface area contributed by atoms with Crippen LogP contribution in [0.5, 0.6) is 5.75 Å². The Morgan fingerprint density at radius 1 is 1.33 bits per heavy atom. The highest BCUT2D eigenvalue weighted by Gasteiger charge is 2.31. The van der Waals surface area contributed by atoms with Gasteiger partial charge in [0.25, 0.3) is 0 Å². The van der Waals surface area contributed by atoms with E-state index in [0.29, 0.717) is 13.1 Å². The van der Waals surface area contributed by atoms with E-state index in [-0.39, 0.29) is 23.6 Å². The van der Waals surface area contributed by atoms with Gasteiger partial charge in [-0.1, -0.05) is 19.1 Å². The number of nitrogens with zero attached hydrogens (tertiary/aromatic N) is 1. The first-order valence-corrected chi connectivity index (χ1v) is 9.13. The van der Waals surface area contributed by atoms with Gasteiger partial charge in [-0.2, -0.15) is 0 Å². The first kappa shape index (κ1) is 16.3. The van der Waals surface area contributed by atoms with Crippen molar-refractivity contribution in [2.24, 2.45) is 5.73 Å². The Bertz CT molecular complexity index is 560. The molecule has 0 aliphatic carbocycles. The van der Waals surface area contributed by atoms with Crippen molar-refractivity contribution in [1.82, 2.24) is 4.90 Å². The molecule has 1 heterocycles. The van der Waals surface area contributed by atoms with E-state index < -0.39 is 9.84 Å². The van der Waals surface area contributed by atoms with Crippen LogP contribution in [0.15, 0.2) is 24.3 Å². The molecule has 0 saturated carbocycles. The van der Waals surface area contributed by atoms with Crippen molar-refractivity contribution < 1.29 is 13.2 Å². The summed E-state index contributed by atoms with van der Waals surface area (Å²) in [4.78, 5) is 2.18. The van der Waals surface area contributed by atoms with E-state index in [1.54, 1.807) is 7.11 Å². The summed E-state index contributed by atoms with van der Waals surface area (Å²) in [5.74, 6) is 1.22. The maximum Gasteiger partial charge on any atom is 0.152 e. The third kappa shape index (κ3) is 3.96. The summed E-state index contributed by atoms with van der Waals surface area (Å²) in [5.41, 5.74) is 7.39. The predicted molar refractivity (Wildman–Crippen MR) is 84.2 cm³/mol. The molecule has 1 aromatic rings. The van der Waals surface area contributed by atoms with E-state index in [0.717, 1.165) is 17.7 Å². The molecule has 118 valence electrons. The number of benzene rings is 1. The van der Waals surface area contributed by atoms with Crippen molar-refractivity contribution >= 4 is 9.84 Å². The summed E-state index contributed by atoms with van der Waals surface area (Å²) < 4.78 is 28.5. The SMILES string of the molecule is CCC(N)C(c1cccc(OC)c1)N1CCS(=O)(=O)CC1. The van der Waals surface area contributed by atoms with Crippen LogP contribution in [0, 0.1) is 0 Å². The van der Waals surface area contributed by atoms with Crippen molar-refractivity contribution in [3.05, 3.63) is 29.8 Å². The zero-order valence-corrected chi connectivity index (χ0v) is 13.5. The normalized spacial score (nSPS) is 21.7. The fourth-order valence-corrected chi connectivity index (χ4v) is 4.01. The number of nitrogens with two attached hydrogens (primary N) is 1. The van der Waals surface area contributed by atoms with Crippen LogP contribution in [0.2, 0.25) is 0 Å². The molecule has 2 N–H and O–H groups in total. The second-order valence-electron chi connectivity index (χ2n) is 5.48. The van der Waals surface area contributed by atoms with Crippen LogP contribution in [-0.4, -0.2) is 51.1 Å². The minimum absolute atomic E-state index is 0.0283. The van der Waals surface area contributed by atoms with Crippen molar-refractivity contribution in [3.63, 3.8) is 0 Å². The molecule has 1 aliphatic heterocycles. The number of rotatable bonds is 5. The Hall–Kier alpha value is -1.11. The molecule has 2 rings (SSSR count). The fourth-order valence-electron chi connectivity index (χ4n) is 2.78. The first-order chi connectivity index (χ1) is 9.96. The van der Waals surface area contributed by atoms with Gasteiger partial charge in [-0.25, -0.2) is 8.42 Å². The highest BCUT2D eigenvalue weighted by atomic mass is 32.2. The molecular formula is C15H24N2O3S. The molecule has 21 heavy (non-hydrogen) atoms. The number of sulfone groups is 1. The molecule has 2 atom stereocenters. The van der Waals surface area contributed by atoms with Crippen molar-refractivity contribution in [3.8, 4) is 5.75 Å². The van der Waals surface area contributed by atoms with E-state index in [1.807, 2.05) is 24.3 Å². The molecule has 1 fully saturated rings. The van der Waals surface area contributed by atoms with Crippen LogP contribution < -0.4 is 10.5 Å². The number of hydrogen-bond acceptors (Lipinski definition) is 5. The van der Waals surface area contributed by atoms with E-state index in [2.05, 4.69) is 11.8 Å². The summed E-state index contributed by atoms with van der Waals surface area (Å²) in [5, 5.41) is 0. The van der Waals surface area contributed by atoms with Gasteiger partial charge >= 0.3 is 0 Å². The lowest BCUT2D eigenvalue weighted by Crippen LogP contribution is -2.48. The second-order valence-corrected chi connectivity index (χ2v) is 7.78. The Morgan fingerprint density at radius 2 is 2.00 bits per heavy atom. The molecule has 1 saturated heterocycles. The molecule has 0 spiro atoms. The summed E-state index contributed by atoms with van der Waals surface area (Å²) in [6, 6.07) is 7.87. The zero-order valence-electron chi connectivity index (χ0n) is 12.7. The van der Waals surface area contributed by atoms with Crippen LogP contribution in [0.1, 0.15) is 24.9 Å². The Labute approximate surface area is 127 Å². The van der Waals surface area contributed by atoms with Gasteiger partial charge in [-0.15, -0.1) is 0 Å². The average Bonchev–Trinajstić information content (AvgIpc) is 2.49. The third-order valence-electron chi connectivity index (χ3n) is 4.08. The van der Waals surface area contributed by atoms with Crippen LogP contribution in [0.25, 0.3) is 0 Å². The molecular weight excluding hydrogens is 288 g/mol. The molecule has 0 aromatic heterocycles. The predicted octanol–water partition coefficient (Wildman–Crippen LogP) is 1.20. The highest BCUT2D eigenvalue weighted by molar-refractivity contribution is 7.91. The molecule has 5 nitrogen and oxygen atoms in total. The van der Waals surface area contributed by atoms with Crippen molar-refractivity contribution in [1.29, 1.82) is 0 Å². The minimum Gasteiger partial charge on any atom is -0.497 e. The van der Waals surface area contributed by atoms with E-state index >= 15 is 0 Å². The summed E-state index contributed by atoms with van der Waals surface area (Å²) in [7, 11) is -1.24. The monoisotopic (exact) mass is 312 g/mol.